The summed E-state index contributed by atoms with van der Waals surface area (Å²) in [6.45, 7) is 3.13. The highest BCUT2D eigenvalue weighted by Gasteiger charge is 2.31. The lowest BCUT2D eigenvalue weighted by atomic mass is 10.0. The highest BCUT2D eigenvalue weighted by molar-refractivity contribution is 5.98. The summed E-state index contributed by atoms with van der Waals surface area (Å²) in [5.41, 5.74) is 2.72. The van der Waals surface area contributed by atoms with E-state index in [9.17, 15) is 4.79 Å². The second kappa shape index (κ2) is 6.09. The second-order valence-corrected chi connectivity index (χ2v) is 6.21. The molecule has 5 heteroatoms. The number of nitrogens with one attached hydrogen (secondary N) is 1. The Morgan fingerprint density at radius 3 is 2.92 bits per heavy atom. The number of nitrogens with zero attached hydrogens (tertiary/aromatic N) is 2. The average Bonchev–Trinajstić information content (AvgIpc) is 3.10. The maximum Gasteiger partial charge on any atom is 0.254 e. The predicted octanol–water partition coefficient (Wildman–Crippen LogP) is 3.17. The minimum atomic E-state index is -0.0796. The lowest BCUT2D eigenvalue weighted by Gasteiger charge is -2.38. The molecule has 24 heavy (non-hydrogen) atoms. The number of rotatable bonds is 2. The standard InChI is InChI=1S/C19H19N3O2/c1-13-12-24-18(14-5-3-2-4-6-14)11-22(13)19(23)15-7-8-17-16(9-15)10-20-21-17/h2-10,13,18H,11-12H2,1H3,(H,20,21)/t13-,18+/m0/s1. The smallest absolute Gasteiger partial charge is 0.254 e. The van der Waals surface area contributed by atoms with Crippen molar-refractivity contribution in [2.75, 3.05) is 13.2 Å². The molecule has 1 fully saturated rings. The highest BCUT2D eigenvalue weighted by Crippen LogP contribution is 2.26. The predicted molar refractivity (Wildman–Crippen MR) is 91.7 cm³/mol. The van der Waals surface area contributed by atoms with Crippen LogP contribution in [-0.4, -0.2) is 40.2 Å². The Kier molecular flexibility index (Phi) is 3.78. The summed E-state index contributed by atoms with van der Waals surface area (Å²) in [5.74, 6) is 0.0369. The fourth-order valence-corrected chi connectivity index (χ4v) is 3.15. The van der Waals surface area contributed by atoms with E-state index < -0.39 is 0 Å². The minimum Gasteiger partial charge on any atom is -0.370 e. The monoisotopic (exact) mass is 321 g/mol. The number of fused-ring (bicyclic) bond motifs is 1. The van der Waals surface area contributed by atoms with Gasteiger partial charge in [-0.25, -0.2) is 0 Å². The molecule has 4 rings (SSSR count). The Morgan fingerprint density at radius 1 is 1.25 bits per heavy atom. The lowest BCUT2D eigenvalue weighted by Crippen LogP contribution is -2.48. The van der Waals surface area contributed by atoms with E-state index in [-0.39, 0.29) is 18.1 Å². The first kappa shape index (κ1) is 14.9. The van der Waals surface area contributed by atoms with Gasteiger partial charge in [0.05, 0.1) is 30.9 Å². The molecule has 0 bridgehead atoms. The largest absolute Gasteiger partial charge is 0.370 e. The number of amides is 1. The van der Waals surface area contributed by atoms with Gasteiger partial charge >= 0.3 is 0 Å². The van der Waals surface area contributed by atoms with Gasteiger partial charge in [0.2, 0.25) is 0 Å². The third-order valence-corrected chi connectivity index (χ3v) is 4.55. The van der Waals surface area contributed by atoms with Crippen molar-refractivity contribution in [2.45, 2.75) is 19.1 Å². The molecule has 0 saturated carbocycles. The molecule has 1 aliphatic heterocycles. The molecule has 1 N–H and O–H groups in total. The van der Waals surface area contributed by atoms with Crippen LogP contribution >= 0.6 is 0 Å². The molecule has 1 amide bonds. The number of H-pyrrole nitrogens is 1. The number of hydrogen-bond donors (Lipinski definition) is 1. The molecule has 2 atom stereocenters. The maximum atomic E-state index is 13.0. The van der Waals surface area contributed by atoms with Gasteiger partial charge < -0.3 is 9.64 Å². The molecular formula is C19H19N3O2. The van der Waals surface area contributed by atoms with Gasteiger partial charge in [-0.15, -0.1) is 0 Å². The number of morpholine rings is 1. The number of carbonyl (C=O) groups excluding carboxylic acids is 1. The third kappa shape index (κ3) is 2.67. The van der Waals surface area contributed by atoms with Gasteiger partial charge in [0, 0.05) is 10.9 Å². The third-order valence-electron chi connectivity index (χ3n) is 4.55. The first-order valence-corrected chi connectivity index (χ1v) is 8.13. The fraction of sp³-hybridized carbons (Fsp3) is 0.263. The van der Waals surface area contributed by atoms with Gasteiger partial charge in [0.25, 0.3) is 5.91 Å². The molecule has 0 radical (unpaired) electrons. The summed E-state index contributed by atoms with van der Waals surface area (Å²) in [5, 5.41) is 7.86. The molecule has 0 unspecified atom stereocenters. The number of aromatic amines is 1. The number of hydrogen-bond acceptors (Lipinski definition) is 3. The zero-order chi connectivity index (χ0) is 16.5. The summed E-state index contributed by atoms with van der Waals surface area (Å²) >= 11 is 0. The second-order valence-electron chi connectivity index (χ2n) is 6.21. The molecule has 1 aliphatic rings. The molecule has 0 aliphatic carbocycles. The van der Waals surface area contributed by atoms with Crippen molar-refractivity contribution in [1.82, 2.24) is 15.1 Å². The molecule has 122 valence electrons. The van der Waals surface area contributed by atoms with E-state index in [1.165, 1.54) is 0 Å². The number of ether oxygens (including phenoxy) is 1. The Balaban J connectivity index is 1.59. The van der Waals surface area contributed by atoms with Crippen LogP contribution in [0.1, 0.15) is 28.9 Å². The fourth-order valence-electron chi connectivity index (χ4n) is 3.15. The number of benzene rings is 2. The number of aromatic nitrogens is 2. The maximum absolute atomic E-state index is 13.0. The molecular weight excluding hydrogens is 302 g/mol. The molecule has 2 heterocycles. The van der Waals surface area contributed by atoms with E-state index in [1.54, 1.807) is 6.20 Å². The van der Waals surface area contributed by atoms with E-state index in [0.717, 1.165) is 16.5 Å². The van der Waals surface area contributed by atoms with Crippen molar-refractivity contribution in [3.05, 3.63) is 65.9 Å². The SMILES string of the molecule is C[C@H]1CO[C@@H](c2ccccc2)CN1C(=O)c1ccc2[nH]ncc2c1. The molecule has 0 spiro atoms. The van der Waals surface area contributed by atoms with Crippen LogP contribution in [0.15, 0.2) is 54.7 Å². The van der Waals surface area contributed by atoms with Crippen LogP contribution in [0.5, 0.6) is 0 Å². The zero-order valence-corrected chi connectivity index (χ0v) is 13.5. The lowest BCUT2D eigenvalue weighted by molar-refractivity contribution is -0.0486. The Bertz CT molecular complexity index is 859. The van der Waals surface area contributed by atoms with Gasteiger partial charge in [-0.2, -0.15) is 5.10 Å². The van der Waals surface area contributed by atoms with Crippen LogP contribution < -0.4 is 0 Å². The van der Waals surface area contributed by atoms with Crippen molar-refractivity contribution in [1.29, 1.82) is 0 Å². The summed E-state index contributed by atoms with van der Waals surface area (Å²) < 4.78 is 5.94. The van der Waals surface area contributed by atoms with Gasteiger partial charge in [-0.05, 0) is 30.7 Å². The van der Waals surface area contributed by atoms with Gasteiger partial charge in [0.1, 0.15) is 6.10 Å². The molecule has 5 nitrogen and oxygen atoms in total. The topological polar surface area (TPSA) is 58.2 Å². The summed E-state index contributed by atoms with van der Waals surface area (Å²) in [4.78, 5) is 14.9. The average molecular weight is 321 g/mol. The minimum absolute atomic E-state index is 0.0369. The van der Waals surface area contributed by atoms with Crippen molar-refractivity contribution < 1.29 is 9.53 Å². The van der Waals surface area contributed by atoms with E-state index in [0.29, 0.717) is 18.7 Å². The Labute approximate surface area is 140 Å². The van der Waals surface area contributed by atoms with E-state index in [4.69, 9.17) is 4.74 Å². The first-order valence-electron chi connectivity index (χ1n) is 8.13. The van der Waals surface area contributed by atoms with Crippen LogP contribution in [0.3, 0.4) is 0 Å². The normalized spacial score (nSPS) is 21.1. The Morgan fingerprint density at radius 2 is 2.08 bits per heavy atom. The van der Waals surface area contributed by atoms with Crippen LogP contribution in [0, 0.1) is 0 Å². The van der Waals surface area contributed by atoms with Crippen molar-refractivity contribution in [3.63, 3.8) is 0 Å². The van der Waals surface area contributed by atoms with Crippen molar-refractivity contribution in [2.24, 2.45) is 0 Å². The van der Waals surface area contributed by atoms with Gasteiger partial charge in [0.15, 0.2) is 0 Å². The van der Waals surface area contributed by atoms with E-state index in [1.807, 2.05) is 60.4 Å². The highest BCUT2D eigenvalue weighted by atomic mass is 16.5. The van der Waals surface area contributed by atoms with E-state index in [2.05, 4.69) is 10.2 Å². The van der Waals surface area contributed by atoms with Crippen LogP contribution in [0.4, 0.5) is 0 Å². The quantitative estimate of drug-likeness (QED) is 0.789. The zero-order valence-electron chi connectivity index (χ0n) is 13.5. The molecule has 3 aromatic rings. The number of carbonyl (C=O) groups is 1. The molecule has 2 aromatic carbocycles. The van der Waals surface area contributed by atoms with Gasteiger partial charge in [-0.1, -0.05) is 30.3 Å². The Hall–Kier alpha value is -2.66. The van der Waals surface area contributed by atoms with Crippen molar-refractivity contribution in [3.8, 4) is 0 Å². The molecule has 1 saturated heterocycles. The van der Waals surface area contributed by atoms with Crippen molar-refractivity contribution >= 4 is 16.8 Å². The van der Waals surface area contributed by atoms with Crippen LogP contribution in [0.2, 0.25) is 0 Å². The van der Waals surface area contributed by atoms with Crippen LogP contribution in [-0.2, 0) is 4.74 Å². The van der Waals surface area contributed by atoms with Gasteiger partial charge in [-0.3, -0.25) is 9.89 Å². The van der Waals surface area contributed by atoms with E-state index >= 15 is 0 Å². The summed E-state index contributed by atoms with van der Waals surface area (Å²) in [6, 6.07) is 15.8. The summed E-state index contributed by atoms with van der Waals surface area (Å²) in [6.07, 6.45) is 1.66. The van der Waals surface area contributed by atoms with Crippen LogP contribution in [0.25, 0.3) is 10.9 Å². The summed E-state index contributed by atoms with van der Waals surface area (Å²) in [7, 11) is 0. The molecule has 1 aromatic heterocycles. The first-order chi connectivity index (χ1) is 11.7.